The molecule has 4 heteroatoms. The van der Waals surface area contributed by atoms with Gasteiger partial charge in [0.15, 0.2) is 0 Å². The minimum Gasteiger partial charge on any atom is -0.465 e. The van der Waals surface area contributed by atoms with E-state index in [1.807, 2.05) is 6.07 Å². The van der Waals surface area contributed by atoms with Crippen molar-refractivity contribution in [2.45, 2.75) is 6.42 Å². The van der Waals surface area contributed by atoms with Crippen LogP contribution in [0.3, 0.4) is 0 Å². The summed E-state index contributed by atoms with van der Waals surface area (Å²) < 4.78 is 0. The Morgan fingerprint density at radius 1 is 1.67 bits per heavy atom. The first kappa shape index (κ1) is 7.09. The van der Waals surface area contributed by atoms with Gasteiger partial charge in [-0.2, -0.15) is 0 Å². The van der Waals surface area contributed by atoms with Crippen LogP contribution in [-0.2, 0) is 6.42 Å². The second-order valence-electron chi connectivity index (χ2n) is 2.69. The molecule has 0 aliphatic carbocycles. The zero-order valence-electron chi connectivity index (χ0n) is 6.40. The standard InChI is InChI=1S/C8H8N2O2/c11-8(12)10-4-2-6-1-3-9-5-7(6)10/h1,3,5H,2,4H2,(H,11,12). The third kappa shape index (κ3) is 0.922. The van der Waals surface area contributed by atoms with Crippen molar-refractivity contribution in [3.05, 3.63) is 24.0 Å². The summed E-state index contributed by atoms with van der Waals surface area (Å²) in [6.07, 6.45) is 3.17. The molecule has 1 aliphatic heterocycles. The summed E-state index contributed by atoms with van der Waals surface area (Å²) in [5.74, 6) is 0. The molecule has 0 unspecified atom stereocenters. The Kier molecular flexibility index (Phi) is 1.46. The number of hydrogen-bond donors (Lipinski definition) is 1. The smallest absolute Gasteiger partial charge is 0.411 e. The average Bonchev–Trinajstić information content (AvgIpc) is 2.47. The predicted molar refractivity (Wildman–Crippen MR) is 43.3 cm³/mol. The maximum atomic E-state index is 10.7. The molecule has 0 fully saturated rings. The van der Waals surface area contributed by atoms with Gasteiger partial charge in [0, 0.05) is 12.7 Å². The number of rotatable bonds is 0. The molecule has 0 atom stereocenters. The van der Waals surface area contributed by atoms with E-state index in [0.29, 0.717) is 6.54 Å². The van der Waals surface area contributed by atoms with Gasteiger partial charge in [-0.3, -0.25) is 9.88 Å². The molecule has 0 saturated carbocycles. The van der Waals surface area contributed by atoms with Gasteiger partial charge in [0.1, 0.15) is 0 Å². The lowest BCUT2D eigenvalue weighted by atomic mass is 10.2. The molecular formula is C8H8N2O2. The second kappa shape index (κ2) is 2.48. The molecule has 4 nitrogen and oxygen atoms in total. The molecule has 1 aromatic rings. The van der Waals surface area contributed by atoms with Crippen molar-refractivity contribution in [3.63, 3.8) is 0 Å². The molecule has 62 valence electrons. The number of hydrogen-bond acceptors (Lipinski definition) is 2. The number of aromatic nitrogens is 1. The molecule has 12 heavy (non-hydrogen) atoms. The largest absolute Gasteiger partial charge is 0.465 e. The van der Waals surface area contributed by atoms with E-state index < -0.39 is 6.09 Å². The summed E-state index contributed by atoms with van der Waals surface area (Å²) in [4.78, 5) is 15.9. The normalized spacial score (nSPS) is 14.5. The number of nitrogens with zero attached hydrogens (tertiary/aromatic N) is 2. The van der Waals surface area contributed by atoms with E-state index in [9.17, 15) is 4.79 Å². The zero-order chi connectivity index (χ0) is 8.55. The molecule has 1 aromatic heterocycles. The first-order valence-electron chi connectivity index (χ1n) is 3.72. The van der Waals surface area contributed by atoms with Crippen molar-refractivity contribution in [1.29, 1.82) is 0 Å². The monoisotopic (exact) mass is 164 g/mol. The average molecular weight is 164 g/mol. The molecule has 2 heterocycles. The summed E-state index contributed by atoms with van der Waals surface area (Å²) in [5.41, 5.74) is 1.79. The molecule has 0 radical (unpaired) electrons. The van der Waals surface area contributed by atoms with Crippen LogP contribution in [0.15, 0.2) is 18.5 Å². The number of anilines is 1. The number of carbonyl (C=O) groups is 1. The lowest BCUT2D eigenvalue weighted by Crippen LogP contribution is -2.26. The highest BCUT2D eigenvalue weighted by Crippen LogP contribution is 2.25. The Bertz CT molecular complexity index is 325. The van der Waals surface area contributed by atoms with Crippen molar-refractivity contribution < 1.29 is 9.90 Å². The summed E-state index contributed by atoms with van der Waals surface area (Å²) in [5, 5.41) is 8.76. The van der Waals surface area contributed by atoms with E-state index in [-0.39, 0.29) is 0 Å². The van der Waals surface area contributed by atoms with E-state index >= 15 is 0 Å². The van der Waals surface area contributed by atoms with Gasteiger partial charge >= 0.3 is 6.09 Å². The lowest BCUT2D eigenvalue weighted by molar-refractivity contribution is 0.202. The Morgan fingerprint density at radius 2 is 2.50 bits per heavy atom. The highest BCUT2D eigenvalue weighted by atomic mass is 16.4. The quantitative estimate of drug-likeness (QED) is 0.625. The number of carboxylic acid groups (broad SMARTS) is 1. The Morgan fingerprint density at radius 3 is 3.25 bits per heavy atom. The molecule has 0 bridgehead atoms. The molecule has 1 aliphatic rings. The Hall–Kier alpha value is -1.58. The zero-order valence-corrected chi connectivity index (χ0v) is 6.40. The SMILES string of the molecule is O=C(O)N1CCc2ccncc21. The van der Waals surface area contributed by atoms with Crippen molar-refractivity contribution in [2.24, 2.45) is 0 Å². The third-order valence-corrected chi connectivity index (χ3v) is 2.01. The fourth-order valence-corrected chi connectivity index (χ4v) is 1.42. The summed E-state index contributed by atoms with van der Waals surface area (Å²) >= 11 is 0. The van der Waals surface area contributed by atoms with Gasteiger partial charge in [0.2, 0.25) is 0 Å². The molecule has 0 saturated heterocycles. The maximum absolute atomic E-state index is 10.7. The van der Waals surface area contributed by atoms with Gasteiger partial charge in [0.25, 0.3) is 0 Å². The van der Waals surface area contributed by atoms with Gasteiger partial charge in [-0.05, 0) is 18.1 Å². The minimum atomic E-state index is -0.901. The van der Waals surface area contributed by atoms with Gasteiger partial charge in [-0.1, -0.05) is 0 Å². The van der Waals surface area contributed by atoms with Crippen molar-refractivity contribution >= 4 is 11.8 Å². The van der Waals surface area contributed by atoms with Crippen molar-refractivity contribution in [1.82, 2.24) is 4.98 Å². The van der Waals surface area contributed by atoms with Crippen LogP contribution >= 0.6 is 0 Å². The topological polar surface area (TPSA) is 53.4 Å². The van der Waals surface area contributed by atoms with Crippen molar-refractivity contribution in [2.75, 3.05) is 11.4 Å². The predicted octanol–water partition coefficient (Wildman–Crippen LogP) is 1.12. The fourth-order valence-electron chi connectivity index (χ4n) is 1.42. The van der Waals surface area contributed by atoms with Crippen LogP contribution < -0.4 is 4.90 Å². The minimum absolute atomic E-state index is 0.552. The Labute approximate surface area is 69.5 Å². The van der Waals surface area contributed by atoms with E-state index in [2.05, 4.69) is 4.98 Å². The fraction of sp³-hybridized carbons (Fsp3) is 0.250. The maximum Gasteiger partial charge on any atom is 0.411 e. The van der Waals surface area contributed by atoms with E-state index in [4.69, 9.17) is 5.11 Å². The van der Waals surface area contributed by atoms with E-state index in [0.717, 1.165) is 17.7 Å². The van der Waals surface area contributed by atoms with Crippen LogP contribution in [0.4, 0.5) is 10.5 Å². The molecule has 1 N–H and O–H groups in total. The Balaban J connectivity index is 2.42. The van der Waals surface area contributed by atoms with Crippen LogP contribution in [-0.4, -0.2) is 22.7 Å². The summed E-state index contributed by atoms with van der Waals surface area (Å²) in [6.45, 7) is 0.552. The molecular weight excluding hydrogens is 156 g/mol. The molecule has 0 aromatic carbocycles. The second-order valence-corrected chi connectivity index (χ2v) is 2.69. The van der Waals surface area contributed by atoms with E-state index in [1.54, 1.807) is 12.4 Å². The number of pyridine rings is 1. The molecule has 0 spiro atoms. The first-order valence-corrected chi connectivity index (χ1v) is 3.72. The van der Waals surface area contributed by atoms with Crippen LogP contribution in [0.2, 0.25) is 0 Å². The van der Waals surface area contributed by atoms with Crippen LogP contribution in [0.5, 0.6) is 0 Å². The summed E-state index contributed by atoms with van der Waals surface area (Å²) in [6, 6.07) is 1.86. The van der Waals surface area contributed by atoms with Gasteiger partial charge in [-0.25, -0.2) is 4.79 Å². The van der Waals surface area contributed by atoms with Gasteiger partial charge < -0.3 is 5.11 Å². The summed E-state index contributed by atoms with van der Waals surface area (Å²) in [7, 11) is 0. The number of amides is 1. The lowest BCUT2D eigenvalue weighted by Gasteiger charge is -2.10. The molecule has 2 rings (SSSR count). The van der Waals surface area contributed by atoms with Gasteiger partial charge in [0.05, 0.1) is 11.9 Å². The third-order valence-electron chi connectivity index (χ3n) is 2.01. The van der Waals surface area contributed by atoms with Gasteiger partial charge in [-0.15, -0.1) is 0 Å². The number of fused-ring (bicyclic) bond motifs is 1. The first-order chi connectivity index (χ1) is 5.79. The van der Waals surface area contributed by atoms with Crippen LogP contribution in [0, 0.1) is 0 Å². The van der Waals surface area contributed by atoms with Crippen LogP contribution in [0.1, 0.15) is 5.56 Å². The highest BCUT2D eigenvalue weighted by Gasteiger charge is 2.23. The van der Waals surface area contributed by atoms with E-state index in [1.165, 1.54) is 4.90 Å². The molecule has 1 amide bonds. The van der Waals surface area contributed by atoms with Crippen molar-refractivity contribution in [3.8, 4) is 0 Å². The highest BCUT2D eigenvalue weighted by molar-refractivity contribution is 5.88. The van der Waals surface area contributed by atoms with Crippen LogP contribution in [0.25, 0.3) is 0 Å².